The summed E-state index contributed by atoms with van der Waals surface area (Å²) in [5.41, 5.74) is 0.513. The Bertz CT molecular complexity index is 1180. The molecule has 10 heteroatoms. The van der Waals surface area contributed by atoms with Crippen LogP contribution < -0.4 is 14.8 Å². The van der Waals surface area contributed by atoms with Crippen LogP contribution >= 0.6 is 0 Å². The first-order valence-electron chi connectivity index (χ1n) is 10.6. The molecule has 1 aliphatic rings. The second kappa shape index (κ2) is 10.1. The molecule has 0 bridgehead atoms. The lowest BCUT2D eigenvalue weighted by Gasteiger charge is -2.12. The van der Waals surface area contributed by atoms with E-state index < -0.39 is 24.2 Å². The van der Waals surface area contributed by atoms with Gasteiger partial charge >= 0.3 is 6.61 Å². The molecule has 0 spiro atoms. The number of aromatic nitrogens is 1. The van der Waals surface area contributed by atoms with Crippen LogP contribution in [0.2, 0.25) is 0 Å². The number of carbonyl (C=O) groups excluding carboxylic acids is 1. The summed E-state index contributed by atoms with van der Waals surface area (Å²) in [6.45, 7) is -0.992. The van der Waals surface area contributed by atoms with Gasteiger partial charge in [0.25, 0.3) is 5.91 Å². The summed E-state index contributed by atoms with van der Waals surface area (Å²) in [6.07, 6.45) is 3.68. The Morgan fingerprint density at radius 2 is 2.00 bits per heavy atom. The maximum absolute atomic E-state index is 13.9. The number of carbonyl (C=O) groups is 1. The lowest BCUT2D eigenvalue weighted by atomic mass is 10.2. The van der Waals surface area contributed by atoms with E-state index in [2.05, 4.69) is 15.0 Å². The van der Waals surface area contributed by atoms with Gasteiger partial charge < -0.3 is 19.2 Å². The number of benzene rings is 2. The highest BCUT2D eigenvalue weighted by Crippen LogP contribution is 2.36. The third-order valence-corrected chi connectivity index (χ3v) is 5.16. The quantitative estimate of drug-likeness (QED) is 0.390. The number of hydrogen-bond donors (Lipinski definition) is 1. The van der Waals surface area contributed by atoms with E-state index in [1.807, 2.05) is 0 Å². The maximum atomic E-state index is 13.9. The fourth-order valence-corrected chi connectivity index (χ4v) is 3.21. The summed E-state index contributed by atoms with van der Waals surface area (Å²) >= 11 is 0. The highest BCUT2D eigenvalue weighted by Gasteiger charge is 2.24. The fraction of sp³-hybridized carbons (Fsp3) is 0.292. The van der Waals surface area contributed by atoms with Gasteiger partial charge in [-0.25, -0.2) is 13.8 Å². The molecular formula is C24H21F4N2O4. The van der Waals surface area contributed by atoms with E-state index in [0.717, 1.165) is 25.0 Å². The maximum Gasteiger partial charge on any atom is 0.387 e. The van der Waals surface area contributed by atoms with Gasteiger partial charge in [-0.1, -0.05) is 6.92 Å². The van der Waals surface area contributed by atoms with Crippen LogP contribution in [-0.4, -0.2) is 24.1 Å². The summed E-state index contributed by atoms with van der Waals surface area (Å²) in [5, 5.41) is 2.52. The number of rotatable bonds is 10. The van der Waals surface area contributed by atoms with E-state index in [0.29, 0.717) is 35.6 Å². The molecule has 1 heterocycles. The molecule has 1 amide bonds. The molecule has 0 atom stereocenters. The standard InChI is InChI=1S/C24H21F4N2O4/c1-2-19-18(11-29-22(31)16-7-6-15(25)10-17(16)26)30-23(33-19)14-5-8-20(34-24(27)28)21(9-14)32-12-13-3-4-13/h2,5-10,13,24H,3-4,11-12H2,1H3,(H,29,31). The number of oxazole rings is 1. The molecule has 1 aromatic heterocycles. The molecule has 34 heavy (non-hydrogen) atoms. The lowest BCUT2D eigenvalue weighted by Crippen LogP contribution is -2.24. The molecular weight excluding hydrogens is 456 g/mol. The largest absolute Gasteiger partial charge is 0.489 e. The highest BCUT2D eigenvalue weighted by atomic mass is 19.3. The van der Waals surface area contributed by atoms with E-state index in [4.69, 9.17) is 9.15 Å². The van der Waals surface area contributed by atoms with E-state index in [9.17, 15) is 22.4 Å². The average molecular weight is 477 g/mol. The smallest absolute Gasteiger partial charge is 0.387 e. The summed E-state index contributed by atoms with van der Waals surface area (Å²) in [4.78, 5) is 16.7. The number of nitrogens with zero attached hydrogens (tertiary/aromatic N) is 1. The molecule has 1 fully saturated rings. The molecule has 179 valence electrons. The molecule has 2 aromatic carbocycles. The molecule has 0 unspecified atom stereocenters. The topological polar surface area (TPSA) is 73.6 Å². The summed E-state index contributed by atoms with van der Waals surface area (Å²) < 4.78 is 68.4. The molecule has 1 N–H and O–H groups in total. The summed E-state index contributed by atoms with van der Waals surface area (Å²) in [5.74, 6) is -1.53. The molecule has 1 aliphatic carbocycles. The van der Waals surface area contributed by atoms with Crippen LogP contribution in [0, 0.1) is 24.0 Å². The highest BCUT2D eigenvalue weighted by molar-refractivity contribution is 5.94. The van der Waals surface area contributed by atoms with Crippen molar-refractivity contribution in [3.05, 3.63) is 71.5 Å². The number of amides is 1. The minimum atomic E-state index is -3.00. The Hall–Kier alpha value is -3.56. The van der Waals surface area contributed by atoms with Gasteiger partial charge in [-0.3, -0.25) is 4.79 Å². The summed E-state index contributed by atoms with van der Waals surface area (Å²) in [7, 11) is 0. The van der Waals surface area contributed by atoms with Crippen molar-refractivity contribution < 1.29 is 36.2 Å². The first-order valence-corrected chi connectivity index (χ1v) is 10.6. The van der Waals surface area contributed by atoms with Crippen LogP contribution in [-0.2, 0) is 6.54 Å². The Morgan fingerprint density at radius 3 is 2.68 bits per heavy atom. The van der Waals surface area contributed by atoms with Crippen LogP contribution in [0.5, 0.6) is 11.5 Å². The van der Waals surface area contributed by atoms with E-state index in [1.54, 1.807) is 13.3 Å². The van der Waals surface area contributed by atoms with Crippen molar-refractivity contribution in [1.82, 2.24) is 10.3 Å². The van der Waals surface area contributed by atoms with Crippen molar-refractivity contribution in [2.45, 2.75) is 32.9 Å². The molecule has 1 saturated carbocycles. The van der Waals surface area contributed by atoms with Gasteiger partial charge in [0.15, 0.2) is 11.5 Å². The SMILES string of the molecule is C[CH]c1oc(-c2ccc(OC(F)F)c(OCC3CC3)c2)nc1CNC(=O)c1ccc(F)cc1F. The van der Waals surface area contributed by atoms with Gasteiger partial charge in [0.2, 0.25) is 5.89 Å². The van der Waals surface area contributed by atoms with E-state index >= 15 is 0 Å². The average Bonchev–Trinajstić information content (AvgIpc) is 3.53. The van der Waals surface area contributed by atoms with Gasteiger partial charge in [0, 0.05) is 18.1 Å². The van der Waals surface area contributed by atoms with E-state index in [1.165, 1.54) is 18.2 Å². The minimum absolute atomic E-state index is 0.0869. The van der Waals surface area contributed by atoms with Gasteiger partial charge in [0.1, 0.15) is 23.1 Å². The Labute approximate surface area is 192 Å². The van der Waals surface area contributed by atoms with Gasteiger partial charge in [0.05, 0.1) is 18.7 Å². The van der Waals surface area contributed by atoms with Crippen LogP contribution in [0.1, 0.15) is 41.6 Å². The molecule has 0 aliphatic heterocycles. The number of ether oxygens (including phenoxy) is 2. The van der Waals surface area contributed by atoms with Crippen LogP contribution in [0.15, 0.2) is 40.8 Å². The number of alkyl halides is 2. The van der Waals surface area contributed by atoms with Crippen molar-refractivity contribution in [3.63, 3.8) is 0 Å². The van der Waals surface area contributed by atoms with Crippen molar-refractivity contribution >= 4 is 5.91 Å². The Kier molecular flexibility index (Phi) is 7.04. The van der Waals surface area contributed by atoms with Crippen molar-refractivity contribution in [3.8, 4) is 23.0 Å². The van der Waals surface area contributed by atoms with Crippen LogP contribution in [0.3, 0.4) is 0 Å². The van der Waals surface area contributed by atoms with Crippen molar-refractivity contribution in [2.75, 3.05) is 6.61 Å². The van der Waals surface area contributed by atoms with Gasteiger partial charge in [-0.05, 0) is 49.1 Å². The Balaban J connectivity index is 1.52. The first kappa shape index (κ1) is 23.6. The predicted molar refractivity (Wildman–Crippen MR) is 113 cm³/mol. The van der Waals surface area contributed by atoms with E-state index in [-0.39, 0.29) is 29.5 Å². The zero-order valence-corrected chi connectivity index (χ0v) is 18.1. The molecule has 3 aromatic rings. The van der Waals surface area contributed by atoms with Gasteiger partial charge in [-0.2, -0.15) is 8.78 Å². The first-order chi connectivity index (χ1) is 16.3. The normalized spacial score (nSPS) is 13.2. The molecule has 4 rings (SSSR count). The number of hydrogen-bond acceptors (Lipinski definition) is 5. The molecule has 0 saturated heterocycles. The Morgan fingerprint density at radius 1 is 1.21 bits per heavy atom. The van der Waals surface area contributed by atoms with Gasteiger partial charge in [-0.15, -0.1) is 0 Å². The summed E-state index contributed by atoms with van der Waals surface area (Å²) in [6, 6.07) is 7.01. The zero-order chi connectivity index (χ0) is 24.2. The fourth-order valence-electron chi connectivity index (χ4n) is 3.21. The zero-order valence-electron chi connectivity index (χ0n) is 18.1. The monoisotopic (exact) mass is 477 g/mol. The number of nitrogens with one attached hydrogen (secondary N) is 1. The lowest BCUT2D eigenvalue weighted by molar-refractivity contribution is -0.0515. The third kappa shape index (κ3) is 5.67. The number of halogens is 4. The minimum Gasteiger partial charge on any atom is -0.489 e. The van der Waals surface area contributed by atoms with Crippen LogP contribution in [0.25, 0.3) is 11.5 Å². The van der Waals surface area contributed by atoms with Crippen molar-refractivity contribution in [2.24, 2.45) is 5.92 Å². The van der Waals surface area contributed by atoms with Crippen LogP contribution in [0.4, 0.5) is 17.6 Å². The molecule has 1 radical (unpaired) electrons. The third-order valence-electron chi connectivity index (χ3n) is 5.16. The second-order valence-corrected chi connectivity index (χ2v) is 7.72. The predicted octanol–water partition coefficient (Wildman–Crippen LogP) is 5.51. The van der Waals surface area contributed by atoms with Crippen molar-refractivity contribution in [1.29, 1.82) is 0 Å². The molecule has 6 nitrogen and oxygen atoms in total. The second-order valence-electron chi connectivity index (χ2n) is 7.72.